The Morgan fingerprint density at radius 1 is 1.18 bits per heavy atom. The van der Waals surface area contributed by atoms with Crippen molar-refractivity contribution in [3.05, 3.63) is 70.5 Å². The van der Waals surface area contributed by atoms with Crippen molar-refractivity contribution < 1.29 is 13.6 Å². The number of rotatable bonds is 5. The number of nitrogens with one attached hydrogen (secondary N) is 1. The van der Waals surface area contributed by atoms with Gasteiger partial charge in [-0.1, -0.05) is 30.3 Å². The lowest BCUT2D eigenvalue weighted by Gasteiger charge is -2.33. The molecular weight excluding hydrogens is 361 g/mol. The number of carbonyl (C=O) groups is 1. The number of nitrogens with zero attached hydrogens (tertiary/aromatic N) is 2. The molecule has 1 atom stereocenters. The van der Waals surface area contributed by atoms with Gasteiger partial charge in [0.15, 0.2) is 5.58 Å². The minimum absolute atomic E-state index is 0.0260. The van der Waals surface area contributed by atoms with Crippen molar-refractivity contribution in [1.82, 2.24) is 14.8 Å². The predicted octanol–water partition coefficient (Wildman–Crippen LogP) is 2.51. The van der Waals surface area contributed by atoms with Gasteiger partial charge in [-0.05, 0) is 37.6 Å². The van der Waals surface area contributed by atoms with Crippen molar-refractivity contribution in [3.8, 4) is 0 Å². The summed E-state index contributed by atoms with van der Waals surface area (Å²) in [5, 5.41) is 3.00. The van der Waals surface area contributed by atoms with Crippen LogP contribution in [0.1, 0.15) is 18.4 Å². The van der Waals surface area contributed by atoms with Crippen molar-refractivity contribution in [2.24, 2.45) is 0 Å². The molecule has 1 N–H and O–H groups in total. The number of likely N-dealkylation sites (tertiary alicyclic amines) is 1. The summed E-state index contributed by atoms with van der Waals surface area (Å²) in [5.74, 6) is -0.979. The van der Waals surface area contributed by atoms with Crippen LogP contribution in [0.5, 0.6) is 0 Å². The third kappa shape index (κ3) is 3.99. The molecule has 0 spiro atoms. The van der Waals surface area contributed by atoms with Crippen molar-refractivity contribution in [3.63, 3.8) is 0 Å². The smallest absolute Gasteiger partial charge is 0.408 e. The van der Waals surface area contributed by atoms with Gasteiger partial charge in [-0.25, -0.2) is 9.18 Å². The van der Waals surface area contributed by atoms with Crippen molar-refractivity contribution in [2.45, 2.75) is 32.0 Å². The first-order chi connectivity index (χ1) is 13.6. The van der Waals surface area contributed by atoms with E-state index in [0.717, 1.165) is 19.4 Å². The Kier molecular flexibility index (Phi) is 5.25. The quantitative estimate of drug-likeness (QED) is 0.735. The molecular formula is C21H22FN3O3. The molecule has 4 rings (SSSR count). The number of piperidine rings is 1. The van der Waals surface area contributed by atoms with Crippen LogP contribution in [0, 0.1) is 5.82 Å². The third-order valence-electron chi connectivity index (χ3n) is 5.10. The first-order valence-corrected chi connectivity index (χ1v) is 9.43. The van der Waals surface area contributed by atoms with Crippen LogP contribution in [0.25, 0.3) is 11.1 Å². The van der Waals surface area contributed by atoms with E-state index in [9.17, 15) is 14.0 Å². The Balaban J connectivity index is 1.38. The molecule has 2 heterocycles. The first kappa shape index (κ1) is 18.4. The van der Waals surface area contributed by atoms with Crippen LogP contribution in [0.15, 0.2) is 57.7 Å². The van der Waals surface area contributed by atoms with E-state index < -0.39 is 5.76 Å². The molecule has 28 heavy (non-hydrogen) atoms. The van der Waals surface area contributed by atoms with Gasteiger partial charge in [-0.2, -0.15) is 0 Å². The topological polar surface area (TPSA) is 67.5 Å². The molecule has 0 radical (unpaired) electrons. The second-order valence-corrected chi connectivity index (χ2v) is 7.16. The summed E-state index contributed by atoms with van der Waals surface area (Å²) in [5.41, 5.74) is 1.73. The molecule has 1 amide bonds. The van der Waals surface area contributed by atoms with Gasteiger partial charge >= 0.3 is 5.76 Å². The van der Waals surface area contributed by atoms with E-state index in [0.29, 0.717) is 29.8 Å². The number of benzene rings is 2. The summed E-state index contributed by atoms with van der Waals surface area (Å²) < 4.78 is 20.4. The number of halogens is 1. The lowest BCUT2D eigenvalue weighted by molar-refractivity contribution is -0.122. The molecule has 0 saturated carbocycles. The maximum absolute atomic E-state index is 13.9. The minimum Gasteiger partial charge on any atom is -0.408 e. The van der Waals surface area contributed by atoms with Crippen molar-refractivity contribution in [2.75, 3.05) is 13.1 Å². The number of oxazole rings is 1. The SMILES string of the molecule is O=C(Cn1c(=O)oc2ccccc21)N[C@@H]1CCCN(Cc2ccccc2F)C1. The number of carbonyl (C=O) groups excluding carboxylic acids is 1. The van der Waals surface area contributed by atoms with Crippen LogP contribution >= 0.6 is 0 Å². The Morgan fingerprint density at radius 2 is 1.96 bits per heavy atom. The summed E-state index contributed by atoms with van der Waals surface area (Å²) in [6.45, 7) is 1.96. The molecule has 3 aromatic rings. The average molecular weight is 383 g/mol. The molecule has 2 aromatic carbocycles. The maximum atomic E-state index is 13.9. The zero-order chi connectivity index (χ0) is 19.5. The summed E-state index contributed by atoms with van der Waals surface area (Å²) in [4.78, 5) is 26.7. The maximum Gasteiger partial charge on any atom is 0.420 e. The van der Waals surface area contributed by atoms with Crippen molar-refractivity contribution >= 4 is 17.0 Å². The van der Waals surface area contributed by atoms with E-state index in [4.69, 9.17) is 4.42 Å². The predicted molar refractivity (Wildman–Crippen MR) is 103 cm³/mol. The Labute approximate surface area is 161 Å². The lowest BCUT2D eigenvalue weighted by atomic mass is 10.0. The van der Waals surface area contributed by atoms with Gasteiger partial charge in [0.1, 0.15) is 12.4 Å². The van der Waals surface area contributed by atoms with Crippen LogP contribution in [0.2, 0.25) is 0 Å². The Bertz CT molecular complexity index is 1040. The number of para-hydroxylation sites is 2. The molecule has 1 aliphatic heterocycles. The zero-order valence-electron chi connectivity index (χ0n) is 15.4. The van der Waals surface area contributed by atoms with Crippen LogP contribution in [0.3, 0.4) is 0 Å². The number of hydrogen-bond acceptors (Lipinski definition) is 4. The molecule has 0 unspecified atom stereocenters. The molecule has 7 heteroatoms. The number of amides is 1. The van der Waals surface area contributed by atoms with E-state index in [1.165, 1.54) is 10.6 Å². The highest BCUT2D eigenvalue weighted by Gasteiger charge is 2.23. The van der Waals surface area contributed by atoms with Crippen LogP contribution in [-0.4, -0.2) is 34.5 Å². The van der Waals surface area contributed by atoms with Gasteiger partial charge in [0.2, 0.25) is 5.91 Å². The Morgan fingerprint density at radius 3 is 2.82 bits per heavy atom. The van der Waals surface area contributed by atoms with E-state index >= 15 is 0 Å². The summed E-state index contributed by atoms with van der Waals surface area (Å²) >= 11 is 0. The fraction of sp³-hybridized carbons (Fsp3) is 0.333. The van der Waals surface area contributed by atoms with Gasteiger partial charge in [0.25, 0.3) is 0 Å². The van der Waals surface area contributed by atoms with E-state index in [1.54, 1.807) is 36.4 Å². The minimum atomic E-state index is -0.541. The normalized spacial score (nSPS) is 17.7. The average Bonchev–Trinajstić information content (AvgIpc) is 2.99. The standard InChI is InChI=1S/C21H22FN3O3/c22-17-8-2-1-6-15(17)12-24-11-5-7-16(13-24)23-20(26)14-25-18-9-3-4-10-19(18)28-21(25)27/h1-4,6,8-10,16H,5,7,11-14H2,(H,23,26)/t16-/m1/s1. The summed E-state index contributed by atoms with van der Waals surface area (Å²) in [6, 6.07) is 13.8. The fourth-order valence-electron chi connectivity index (χ4n) is 3.77. The van der Waals surface area contributed by atoms with Gasteiger partial charge in [-0.3, -0.25) is 14.3 Å². The number of fused-ring (bicyclic) bond motifs is 1. The monoisotopic (exact) mass is 383 g/mol. The highest BCUT2D eigenvalue weighted by Crippen LogP contribution is 2.16. The Hall–Kier alpha value is -2.93. The molecule has 1 aromatic heterocycles. The summed E-state index contributed by atoms with van der Waals surface area (Å²) in [6.07, 6.45) is 1.79. The van der Waals surface area contributed by atoms with E-state index in [1.807, 2.05) is 6.07 Å². The number of hydrogen-bond donors (Lipinski definition) is 1. The molecule has 1 fully saturated rings. The fourth-order valence-corrected chi connectivity index (χ4v) is 3.77. The van der Waals surface area contributed by atoms with Crippen LogP contribution in [0.4, 0.5) is 4.39 Å². The number of aromatic nitrogens is 1. The summed E-state index contributed by atoms with van der Waals surface area (Å²) in [7, 11) is 0. The largest absolute Gasteiger partial charge is 0.420 e. The van der Waals surface area contributed by atoms with E-state index in [-0.39, 0.29) is 24.3 Å². The molecule has 1 saturated heterocycles. The van der Waals surface area contributed by atoms with Gasteiger partial charge in [-0.15, -0.1) is 0 Å². The third-order valence-corrected chi connectivity index (χ3v) is 5.10. The second kappa shape index (κ2) is 7.98. The van der Waals surface area contributed by atoms with Gasteiger partial charge in [0, 0.05) is 24.7 Å². The van der Waals surface area contributed by atoms with E-state index in [2.05, 4.69) is 10.2 Å². The highest BCUT2D eigenvalue weighted by molar-refractivity contribution is 5.79. The highest BCUT2D eigenvalue weighted by atomic mass is 19.1. The lowest BCUT2D eigenvalue weighted by Crippen LogP contribution is -2.48. The van der Waals surface area contributed by atoms with Gasteiger partial charge in [0.05, 0.1) is 5.52 Å². The zero-order valence-corrected chi connectivity index (χ0v) is 15.4. The van der Waals surface area contributed by atoms with Crippen molar-refractivity contribution in [1.29, 1.82) is 0 Å². The second-order valence-electron chi connectivity index (χ2n) is 7.16. The van der Waals surface area contributed by atoms with Gasteiger partial charge < -0.3 is 9.73 Å². The molecule has 0 bridgehead atoms. The molecule has 6 nitrogen and oxygen atoms in total. The molecule has 146 valence electrons. The molecule has 0 aliphatic carbocycles. The van der Waals surface area contributed by atoms with Crippen LogP contribution < -0.4 is 11.1 Å². The molecule has 1 aliphatic rings. The first-order valence-electron chi connectivity index (χ1n) is 9.43. The van der Waals surface area contributed by atoms with Crippen LogP contribution in [-0.2, 0) is 17.9 Å².